The molecule has 0 aliphatic heterocycles. The molecule has 0 fully saturated rings. The number of carbonyl (C=O) groups is 2. The van der Waals surface area contributed by atoms with Crippen LogP contribution < -0.4 is 15.6 Å². The van der Waals surface area contributed by atoms with Gasteiger partial charge < -0.3 is 4.74 Å². The van der Waals surface area contributed by atoms with Gasteiger partial charge in [-0.3, -0.25) is 20.4 Å². The number of amides is 2. The van der Waals surface area contributed by atoms with Crippen LogP contribution in [0, 0.1) is 13.8 Å². The van der Waals surface area contributed by atoms with Gasteiger partial charge in [0.15, 0.2) is 6.10 Å². The second-order valence-electron chi connectivity index (χ2n) is 5.91. The lowest BCUT2D eigenvalue weighted by Crippen LogP contribution is -2.47. The lowest BCUT2D eigenvalue weighted by atomic mass is 10.1. The minimum Gasteiger partial charge on any atom is -0.481 e. The summed E-state index contributed by atoms with van der Waals surface area (Å²) in [4.78, 5) is 24.1. The number of rotatable bonds is 5. The number of carbonyl (C=O) groups excluding carboxylic acids is 2. The summed E-state index contributed by atoms with van der Waals surface area (Å²) in [5.41, 5.74) is 7.36. The first-order valence-corrected chi connectivity index (χ1v) is 8.79. The van der Waals surface area contributed by atoms with E-state index >= 15 is 0 Å². The molecule has 5 nitrogen and oxygen atoms in total. The zero-order valence-electron chi connectivity index (χ0n) is 14.7. The van der Waals surface area contributed by atoms with Crippen molar-refractivity contribution < 1.29 is 14.3 Å². The van der Waals surface area contributed by atoms with Gasteiger partial charge in [-0.15, -0.1) is 0 Å². The molecule has 26 heavy (non-hydrogen) atoms. The van der Waals surface area contributed by atoms with Crippen molar-refractivity contribution in [2.45, 2.75) is 33.3 Å². The predicted molar refractivity (Wildman–Crippen MR) is 102 cm³/mol. The Balaban J connectivity index is 1.87. The maximum Gasteiger partial charge on any atom is 0.279 e. The number of hydrogen-bond acceptors (Lipinski definition) is 3. The Labute approximate surface area is 162 Å². The molecule has 2 amide bonds. The highest BCUT2D eigenvalue weighted by Crippen LogP contribution is 2.22. The van der Waals surface area contributed by atoms with Gasteiger partial charge in [0.05, 0.1) is 6.42 Å². The first-order chi connectivity index (χ1) is 12.3. The molecule has 7 heteroatoms. The molecule has 0 saturated carbocycles. The molecule has 138 valence electrons. The van der Waals surface area contributed by atoms with Crippen LogP contribution in [0.3, 0.4) is 0 Å². The topological polar surface area (TPSA) is 67.4 Å². The zero-order chi connectivity index (χ0) is 19.3. The molecule has 2 N–H and O–H groups in total. The van der Waals surface area contributed by atoms with Crippen LogP contribution in [0.4, 0.5) is 0 Å². The summed E-state index contributed by atoms with van der Waals surface area (Å²) < 4.78 is 5.67. The molecule has 0 aromatic heterocycles. The highest BCUT2D eigenvalue weighted by molar-refractivity contribution is 6.35. The van der Waals surface area contributed by atoms with Crippen molar-refractivity contribution in [1.29, 1.82) is 0 Å². The van der Waals surface area contributed by atoms with Crippen molar-refractivity contribution >= 4 is 35.0 Å². The van der Waals surface area contributed by atoms with Gasteiger partial charge in [-0.05, 0) is 55.7 Å². The second kappa shape index (κ2) is 8.92. The summed E-state index contributed by atoms with van der Waals surface area (Å²) in [5, 5.41) is 0.885. The van der Waals surface area contributed by atoms with Gasteiger partial charge in [-0.25, -0.2) is 0 Å². The minimum absolute atomic E-state index is 0.0164. The van der Waals surface area contributed by atoms with Crippen molar-refractivity contribution in [3.05, 3.63) is 63.1 Å². The molecule has 1 atom stereocenters. The molecule has 2 aromatic rings. The Bertz CT molecular complexity index is 824. The molecule has 0 spiro atoms. The highest BCUT2D eigenvalue weighted by Gasteiger charge is 2.17. The van der Waals surface area contributed by atoms with Gasteiger partial charge in [0.2, 0.25) is 5.91 Å². The van der Waals surface area contributed by atoms with Gasteiger partial charge in [-0.2, -0.15) is 0 Å². The van der Waals surface area contributed by atoms with E-state index in [0.717, 1.165) is 11.1 Å². The Kier molecular flexibility index (Phi) is 6.89. The van der Waals surface area contributed by atoms with E-state index in [1.807, 2.05) is 26.0 Å². The lowest BCUT2D eigenvalue weighted by molar-refractivity contribution is -0.132. The van der Waals surface area contributed by atoms with Gasteiger partial charge in [0, 0.05) is 10.0 Å². The maximum atomic E-state index is 12.1. The van der Waals surface area contributed by atoms with Gasteiger partial charge in [0.25, 0.3) is 5.91 Å². The summed E-state index contributed by atoms with van der Waals surface area (Å²) in [5.74, 6) is -0.227. The Morgan fingerprint density at radius 3 is 2.54 bits per heavy atom. The number of nitrogens with one attached hydrogen (secondary N) is 2. The molecule has 0 bridgehead atoms. The fourth-order valence-corrected chi connectivity index (χ4v) is 2.69. The molecular formula is C19H20Cl2N2O3. The fraction of sp³-hybridized carbons (Fsp3) is 0.263. The van der Waals surface area contributed by atoms with Crippen molar-refractivity contribution in [2.75, 3.05) is 0 Å². The van der Waals surface area contributed by atoms with E-state index in [0.29, 0.717) is 21.4 Å². The fourth-order valence-electron chi connectivity index (χ4n) is 2.21. The monoisotopic (exact) mass is 394 g/mol. The van der Waals surface area contributed by atoms with Crippen molar-refractivity contribution in [1.82, 2.24) is 10.9 Å². The Hall–Kier alpha value is -2.24. The van der Waals surface area contributed by atoms with Crippen molar-refractivity contribution in [3.63, 3.8) is 0 Å². The van der Waals surface area contributed by atoms with Crippen LogP contribution in [0.2, 0.25) is 10.0 Å². The van der Waals surface area contributed by atoms with Gasteiger partial charge in [0.1, 0.15) is 5.75 Å². The van der Waals surface area contributed by atoms with E-state index in [1.54, 1.807) is 31.2 Å². The number of ether oxygens (including phenoxy) is 1. The molecule has 0 aliphatic rings. The molecular weight excluding hydrogens is 375 g/mol. The van der Waals surface area contributed by atoms with E-state index in [1.165, 1.54) is 0 Å². The van der Waals surface area contributed by atoms with Crippen LogP contribution in [0.25, 0.3) is 0 Å². The summed E-state index contributed by atoms with van der Waals surface area (Å²) in [6.07, 6.45) is -0.752. The van der Waals surface area contributed by atoms with Gasteiger partial charge >= 0.3 is 0 Å². The van der Waals surface area contributed by atoms with E-state index in [9.17, 15) is 9.59 Å². The number of hydrazine groups is 1. The number of halogens is 2. The quantitative estimate of drug-likeness (QED) is 0.758. The van der Waals surface area contributed by atoms with Crippen LogP contribution >= 0.6 is 23.2 Å². The molecule has 2 rings (SSSR count). The number of hydrogen-bond donors (Lipinski definition) is 2. The van der Waals surface area contributed by atoms with Crippen molar-refractivity contribution in [2.24, 2.45) is 0 Å². The number of benzene rings is 2. The van der Waals surface area contributed by atoms with Crippen LogP contribution in [0.15, 0.2) is 36.4 Å². The molecule has 0 saturated heterocycles. The Morgan fingerprint density at radius 2 is 1.85 bits per heavy atom. The van der Waals surface area contributed by atoms with E-state index in [-0.39, 0.29) is 6.42 Å². The third-order valence-corrected chi connectivity index (χ3v) is 4.51. The van der Waals surface area contributed by atoms with Gasteiger partial charge in [-0.1, -0.05) is 41.4 Å². The zero-order valence-corrected chi connectivity index (χ0v) is 16.2. The summed E-state index contributed by atoms with van der Waals surface area (Å²) in [6.45, 7) is 5.50. The summed E-state index contributed by atoms with van der Waals surface area (Å²) in [7, 11) is 0. The molecule has 0 radical (unpaired) electrons. The average molecular weight is 395 g/mol. The van der Waals surface area contributed by atoms with E-state index < -0.39 is 17.9 Å². The second-order valence-corrected chi connectivity index (χ2v) is 6.75. The van der Waals surface area contributed by atoms with E-state index in [2.05, 4.69) is 10.9 Å². The molecule has 1 unspecified atom stereocenters. The van der Waals surface area contributed by atoms with Crippen LogP contribution in [-0.2, 0) is 16.0 Å². The summed E-state index contributed by atoms with van der Waals surface area (Å²) in [6, 6.07) is 10.5. The Morgan fingerprint density at radius 1 is 1.12 bits per heavy atom. The standard InChI is InChI=1S/C19H20Cl2N2O3/c1-11-5-4-6-17(12(11)2)26-13(3)19(25)23-22-18(24)9-14-7-8-15(20)10-16(14)21/h4-8,10,13H,9H2,1-3H3,(H,22,24)(H,23,25). The molecule has 0 aliphatic carbocycles. The summed E-state index contributed by atoms with van der Waals surface area (Å²) >= 11 is 11.9. The normalized spacial score (nSPS) is 11.6. The SMILES string of the molecule is Cc1cccc(OC(C)C(=O)NNC(=O)Cc2ccc(Cl)cc2Cl)c1C. The third kappa shape index (κ3) is 5.38. The van der Waals surface area contributed by atoms with Crippen LogP contribution in [0.1, 0.15) is 23.6 Å². The minimum atomic E-state index is -0.769. The molecule has 0 heterocycles. The average Bonchev–Trinajstić information content (AvgIpc) is 2.59. The van der Waals surface area contributed by atoms with Crippen LogP contribution in [-0.4, -0.2) is 17.9 Å². The highest BCUT2D eigenvalue weighted by atomic mass is 35.5. The third-order valence-electron chi connectivity index (χ3n) is 3.92. The van der Waals surface area contributed by atoms with E-state index in [4.69, 9.17) is 27.9 Å². The first-order valence-electron chi connectivity index (χ1n) is 8.03. The first kappa shape index (κ1) is 20.1. The smallest absolute Gasteiger partial charge is 0.279 e. The maximum absolute atomic E-state index is 12.1. The molecule has 2 aromatic carbocycles. The van der Waals surface area contributed by atoms with Crippen molar-refractivity contribution in [3.8, 4) is 5.75 Å². The van der Waals surface area contributed by atoms with Crippen LogP contribution in [0.5, 0.6) is 5.75 Å². The lowest BCUT2D eigenvalue weighted by Gasteiger charge is -2.17. The predicted octanol–water partition coefficient (Wildman–Crippen LogP) is 3.77. The number of aryl methyl sites for hydroxylation is 1. The largest absolute Gasteiger partial charge is 0.481 e.